The van der Waals surface area contributed by atoms with E-state index in [2.05, 4.69) is 0 Å². The maximum atomic E-state index is 11.0. The molecule has 0 rings (SSSR count). The highest BCUT2D eigenvalue weighted by molar-refractivity contribution is 6.31. The molecule has 0 aromatic carbocycles. The first-order valence-corrected chi connectivity index (χ1v) is 5.73. The van der Waals surface area contributed by atoms with Gasteiger partial charge in [0, 0.05) is 12.5 Å². The summed E-state index contributed by atoms with van der Waals surface area (Å²) in [6, 6.07) is 0. The van der Waals surface area contributed by atoms with Crippen molar-refractivity contribution in [3.05, 3.63) is 0 Å². The van der Waals surface area contributed by atoms with E-state index in [1.165, 1.54) is 6.92 Å². The molecule has 0 aliphatic heterocycles. The minimum atomic E-state index is -0.598. The van der Waals surface area contributed by atoms with E-state index in [0.29, 0.717) is 12.5 Å². The first kappa shape index (κ1) is 14.2. The summed E-state index contributed by atoms with van der Waals surface area (Å²) in [5, 5.41) is -0.585. The number of unbranched alkanes of at least 4 members (excludes halogenated alkanes) is 1. The molecular weight excluding hydrogens is 223 g/mol. The third-order valence-electron chi connectivity index (χ3n) is 1.97. The molecule has 0 N–H and O–H groups in total. The fourth-order valence-corrected chi connectivity index (χ4v) is 1.35. The number of hydrogen-bond donors (Lipinski definition) is 0. The molecule has 0 bridgehead atoms. The molecule has 84 valence electrons. The Morgan fingerprint density at radius 1 is 1.43 bits per heavy atom. The minimum Gasteiger partial charge on any atom is -0.374 e. The third-order valence-corrected chi connectivity index (χ3v) is 3.07. The predicted octanol–water partition coefficient (Wildman–Crippen LogP) is 3.00. The molecule has 14 heavy (non-hydrogen) atoms. The SMILES string of the molecule is CC(=O)C(Cl)C(C)(C)OCCCCCl. The number of halogens is 2. The quantitative estimate of drug-likeness (QED) is 0.506. The lowest BCUT2D eigenvalue weighted by Gasteiger charge is -2.28. The van der Waals surface area contributed by atoms with E-state index in [-0.39, 0.29) is 5.78 Å². The Balaban J connectivity index is 3.88. The number of hydrogen-bond acceptors (Lipinski definition) is 2. The van der Waals surface area contributed by atoms with Crippen LogP contribution in [-0.2, 0) is 9.53 Å². The third kappa shape index (κ3) is 5.18. The van der Waals surface area contributed by atoms with E-state index in [0.717, 1.165) is 12.8 Å². The number of rotatable bonds is 7. The van der Waals surface area contributed by atoms with Crippen molar-refractivity contribution < 1.29 is 9.53 Å². The summed E-state index contributed by atoms with van der Waals surface area (Å²) in [5.41, 5.74) is -0.598. The second kappa shape index (κ2) is 6.65. The molecule has 4 heteroatoms. The van der Waals surface area contributed by atoms with Gasteiger partial charge in [-0.3, -0.25) is 4.79 Å². The zero-order chi connectivity index (χ0) is 11.2. The monoisotopic (exact) mass is 240 g/mol. The van der Waals surface area contributed by atoms with Crippen molar-refractivity contribution in [2.45, 2.75) is 44.6 Å². The van der Waals surface area contributed by atoms with Gasteiger partial charge in [0.1, 0.15) is 5.38 Å². The second-order valence-electron chi connectivity index (χ2n) is 3.82. The van der Waals surface area contributed by atoms with E-state index in [4.69, 9.17) is 27.9 Å². The smallest absolute Gasteiger partial charge is 0.150 e. The Morgan fingerprint density at radius 2 is 2.00 bits per heavy atom. The van der Waals surface area contributed by atoms with E-state index < -0.39 is 11.0 Å². The van der Waals surface area contributed by atoms with Gasteiger partial charge in [-0.05, 0) is 33.6 Å². The Bertz CT molecular complexity index is 181. The Labute approximate surface area is 95.9 Å². The van der Waals surface area contributed by atoms with Crippen LogP contribution in [0.15, 0.2) is 0 Å². The summed E-state index contributed by atoms with van der Waals surface area (Å²) in [6.07, 6.45) is 1.82. The van der Waals surface area contributed by atoms with Crippen LogP contribution in [0.25, 0.3) is 0 Å². The lowest BCUT2D eigenvalue weighted by molar-refractivity contribution is -0.122. The molecule has 0 aromatic heterocycles. The molecule has 0 aliphatic rings. The molecular formula is C10H18Cl2O2. The van der Waals surface area contributed by atoms with Crippen LogP contribution in [0.1, 0.15) is 33.6 Å². The van der Waals surface area contributed by atoms with Crippen LogP contribution in [0, 0.1) is 0 Å². The number of alkyl halides is 2. The van der Waals surface area contributed by atoms with Crippen molar-refractivity contribution >= 4 is 29.0 Å². The molecule has 0 aliphatic carbocycles. The highest BCUT2D eigenvalue weighted by Crippen LogP contribution is 2.21. The summed E-state index contributed by atoms with van der Waals surface area (Å²) >= 11 is 11.4. The number of carbonyl (C=O) groups excluding carboxylic acids is 1. The van der Waals surface area contributed by atoms with Gasteiger partial charge in [-0.1, -0.05) is 0 Å². The largest absolute Gasteiger partial charge is 0.374 e. The first-order valence-electron chi connectivity index (χ1n) is 4.76. The number of ketones is 1. The van der Waals surface area contributed by atoms with Crippen LogP contribution in [0.5, 0.6) is 0 Å². The van der Waals surface area contributed by atoms with Crippen LogP contribution in [0.3, 0.4) is 0 Å². The van der Waals surface area contributed by atoms with E-state index in [9.17, 15) is 4.79 Å². The molecule has 0 heterocycles. The Hall–Kier alpha value is 0.210. The number of Topliss-reactive ketones (excluding diaryl/α,β-unsaturated/α-hetero) is 1. The standard InChI is InChI=1S/C10H18Cl2O2/c1-8(13)9(12)10(2,3)14-7-5-4-6-11/h9H,4-7H2,1-3H3. The van der Waals surface area contributed by atoms with Crippen molar-refractivity contribution in [1.29, 1.82) is 0 Å². The molecule has 0 fully saturated rings. The fourth-order valence-electron chi connectivity index (χ4n) is 1.09. The molecule has 0 saturated carbocycles. The predicted molar refractivity (Wildman–Crippen MR) is 60.3 cm³/mol. The summed E-state index contributed by atoms with van der Waals surface area (Å²) in [4.78, 5) is 11.0. The Morgan fingerprint density at radius 3 is 2.43 bits per heavy atom. The van der Waals surface area contributed by atoms with Crippen LogP contribution in [0.4, 0.5) is 0 Å². The van der Waals surface area contributed by atoms with Gasteiger partial charge in [-0.25, -0.2) is 0 Å². The summed E-state index contributed by atoms with van der Waals surface area (Å²) in [7, 11) is 0. The van der Waals surface area contributed by atoms with Crippen LogP contribution < -0.4 is 0 Å². The number of ether oxygens (including phenoxy) is 1. The van der Waals surface area contributed by atoms with E-state index in [1.807, 2.05) is 13.8 Å². The summed E-state index contributed by atoms with van der Waals surface area (Å²) in [6.45, 7) is 5.72. The highest BCUT2D eigenvalue weighted by Gasteiger charge is 2.31. The fraction of sp³-hybridized carbons (Fsp3) is 0.900. The van der Waals surface area contributed by atoms with Gasteiger partial charge in [0.25, 0.3) is 0 Å². The second-order valence-corrected chi connectivity index (χ2v) is 4.64. The zero-order valence-electron chi connectivity index (χ0n) is 8.98. The zero-order valence-corrected chi connectivity index (χ0v) is 10.5. The molecule has 0 spiro atoms. The van der Waals surface area contributed by atoms with Gasteiger partial charge < -0.3 is 4.74 Å². The van der Waals surface area contributed by atoms with Crippen LogP contribution in [-0.4, -0.2) is 29.2 Å². The maximum Gasteiger partial charge on any atom is 0.150 e. The van der Waals surface area contributed by atoms with E-state index in [1.54, 1.807) is 0 Å². The molecule has 0 amide bonds. The first-order chi connectivity index (χ1) is 6.41. The maximum absolute atomic E-state index is 11.0. The lowest BCUT2D eigenvalue weighted by atomic mass is 10.0. The van der Waals surface area contributed by atoms with Crippen molar-refractivity contribution in [3.8, 4) is 0 Å². The van der Waals surface area contributed by atoms with Gasteiger partial charge >= 0.3 is 0 Å². The summed E-state index contributed by atoms with van der Waals surface area (Å²) in [5.74, 6) is 0.579. The molecule has 1 unspecified atom stereocenters. The molecule has 2 nitrogen and oxygen atoms in total. The molecule has 0 saturated heterocycles. The molecule has 0 aromatic rings. The minimum absolute atomic E-state index is 0.0611. The van der Waals surface area contributed by atoms with Crippen molar-refractivity contribution in [1.82, 2.24) is 0 Å². The van der Waals surface area contributed by atoms with Gasteiger partial charge in [0.2, 0.25) is 0 Å². The molecule has 1 atom stereocenters. The normalized spacial score (nSPS) is 14.1. The van der Waals surface area contributed by atoms with Gasteiger partial charge in [-0.2, -0.15) is 0 Å². The topological polar surface area (TPSA) is 26.3 Å². The van der Waals surface area contributed by atoms with E-state index >= 15 is 0 Å². The highest BCUT2D eigenvalue weighted by atomic mass is 35.5. The van der Waals surface area contributed by atoms with Crippen LogP contribution >= 0.6 is 23.2 Å². The lowest BCUT2D eigenvalue weighted by Crippen LogP contribution is -2.40. The molecule has 0 radical (unpaired) electrons. The van der Waals surface area contributed by atoms with Gasteiger partial charge in [0.05, 0.1) is 5.60 Å². The average Bonchev–Trinajstić information content (AvgIpc) is 2.11. The van der Waals surface area contributed by atoms with Crippen molar-refractivity contribution in [2.75, 3.05) is 12.5 Å². The average molecular weight is 241 g/mol. The van der Waals surface area contributed by atoms with Crippen LogP contribution in [0.2, 0.25) is 0 Å². The van der Waals surface area contributed by atoms with Crippen molar-refractivity contribution in [3.63, 3.8) is 0 Å². The number of carbonyl (C=O) groups is 1. The summed E-state index contributed by atoms with van der Waals surface area (Å²) < 4.78 is 5.54. The van der Waals surface area contributed by atoms with Crippen molar-refractivity contribution in [2.24, 2.45) is 0 Å². The Kier molecular flexibility index (Phi) is 6.75. The van der Waals surface area contributed by atoms with Gasteiger partial charge in [-0.15, -0.1) is 23.2 Å². The van der Waals surface area contributed by atoms with Gasteiger partial charge in [0.15, 0.2) is 5.78 Å².